The van der Waals surface area contributed by atoms with Crippen LogP contribution in [-0.2, 0) is 23.1 Å². The number of carbonyl (C=O) groups excluding carboxylic acids is 2. The number of carbonyl (C=O) groups is 2. The van der Waals surface area contributed by atoms with Gasteiger partial charge in [0.2, 0.25) is 0 Å². The molecular weight excluding hydrogens is 468 g/mol. The summed E-state index contributed by atoms with van der Waals surface area (Å²) in [5.74, 6) is 0.252. The largest absolute Gasteiger partial charge is 0.493 e. The van der Waals surface area contributed by atoms with Crippen molar-refractivity contribution in [2.24, 2.45) is 7.05 Å². The highest BCUT2D eigenvalue weighted by Gasteiger charge is 2.22. The Labute approximate surface area is 206 Å². The van der Waals surface area contributed by atoms with Gasteiger partial charge in [0.05, 0.1) is 41.4 Å². The van der Waals surface area contributed by atoms with Crippen molar-refractivity contribution in [1.82, 2.24) is 19.7 Å². The third-order valence-corrected chi connectivity index (χ3v) is 6.47. The van der Waals surface area contributed by atoms with Crippen LogP contribution >= 0.6 is 11.3 Å². The molecule has 0 radical (unpaired) electrons. The van der Waals surface area contributed by atoms with Gasteiger partial charge in [-0.1, -0.05) is 12.1 Å². The molecule has 3 heterocycles. The molecule has 0 aliphatic rings. The molecule has 0 bridgehead atoms. The Morgan fingerprint density at radius 1 is 1.11 bits per heavy atom. The number of methoxy groups -OCH3 is 2. The van der Waals surface area contributed by atoms with E-state index >= 15 is 0 Å². The lowest BCUT2D eigenvalue weighted by molar-refractivity contribution is -0.133. The van der Waals surface area contributed by atoms with Crippen LogP contribution in [0, 0.1) is 6.92 Å². The maximum Gasteiger partial charge on any atom is 0.339 e. The molecule has 35 heavy (non-hydrogen) atoms. The topological polar surface area (TPSA) is 95.8 Å². The number of likely N-dealkylation sites (N-methyl/N-ethyl adjacent to an activating group) is 1. The fourth-order valence-electron chi connectivity index (χ4n) is 3.81. The quantitative estimate of drug-likeness (QED) is 0.344. The summed E-state index contributed by atoms with van der Waals surface area (Å²) in [6.45, 7) is 1.74. The molecule has 1 amide bonds. The Bertz CT molecular complexity index is 1380. The van der Waals surface area contributed by atoms with E-state index in [2.05, 4.69) is 10.1 Å². The number of hydrogen-bond donors (Lipinski definition) is 0. The van der Waals surface area contributed by atoms with Crippen molar-refractivity contribution in [2.75, 3.05) is 27.9 Å². The third kappa shape index (κ3) is 4.97. The van der Waals surface area contributed by atoms with Crippen molar-refractivity contribution >= 4 is 34.2 Å². The monoisotopic (exact) mass is 494 g/mol. The van der Waals surface area contributed by atoms with E-state index in [9.17, 15) is 9.59 Å². The van der Waals surface area contributed by atoms with Crippen LogP contribution in [0.2, 0.25) is 0 Å². The van der Waals surface area contributed by atoms with E-state index in [1.54, 1.807) is 51.2 Å². The molecular formula is C25H26N4O5S. The number of fused-ring (bicyclic) bond motifs is 1. The first-order valence-corrected chi connectivity index (χ1v) is 11.7. The van der Waals surface area contributed by atoms with E-state index < -0.39 is 5.97 Å². The highest BCUT2D eigenvalue weighted by molar-refractivity contribution is 7.13. The van der Waals surface area contributed by atoms with Gasteiger partial charge >= 0.3 is 5.97 Å². The lowest BCUT2D eigenvalue weighted by atomic mass is 10.1. The fraction of sp³-hybridized carbons (Fsp3) is 0.280. The summed E-state index contributed by atoms with van der Waals surface area (Å²) in [4.78, 5) is 32.9. The van der Waals surface area contributed by atoms with Crippen molar-refractivity contribution in [3.05, 3.63) is 58.6 Å². The number of aromatic nitrogens is 3. The number of ether oxygens (including phenoxy) is 3. The Balaban J connectivity index is 1.50. The van der Waals surface area contributed by atoms with Gasteiger partial charge in [-0.25, -0.2) is 9.78 Å². The Morgan fingerprint density at radius 3 is 2.57 bits per heavy atom. The van der Waals surface area contributed by atoms with Crippen LogP contribution in [0.3, 0.4) is 0 Å². The summed E-state index contributed by atoms with van der Waals surface area (Å²) < 4.78 is 17.6. The molecule has 9 nitrogen and oxygen atoms in total. The smallest absolute Gasteiger partial charge is 0.339 e. The van der Waals surface area contributed by atoms with Gasteiger partial charge in [0.1, 0.15) is 0 Å². The van der Waals surface area contributed by atoms with Gasteiger partial charge in [0, 0.05) is 20.6 Å². The van der Waals surface area contributed by atoms with E-state index in [0.29, 0.717) is 46.0 Å². The summed E-state index contributed by atoms with van der Waals surface area (Å²) in [7, 11) is 6.55. The summed E-state index contributed by atoms with van der Waals surface area (Å²) in [6.07, 6.45) is 0. The number of benzene rings is 1. The van der Waals surface area contributed by atoms with Gasteiger partial charge in [0.15, 0.2) is 23.8 Å². The molecule has 0 N–H and O–H groups in total. The third-order valence-electron chi connectivity index (χ3n) is 5.58. The second-order valence-electron chi connectivity index (χ2n) is 7.96. The second-order valence-corrected chi connectivity index (χ2v) is 8.90. The van der Waals surface area contributed by atoms with Crippen LogP contribution in [0.5, 0.6) is 11.5 Å². The first-order valence-electron chi connectivity index (χ1n) is 10.8. The number of amides is 1. The molecule has 0 spiro atoms. The Hall–Kier alpha value is -3.92. The number of esters is 1. The zero-order chi connectivity index (χ0) is 25.1. The maximum absolute atomic E-state index is 13.1. The van der Waals surface area contributed by atoms with Gasteiger partial charge in [0.25, 0.3) is 5.91 Å². The van der Waals surface area contributed by atoms with Gasteiger partial charge < -0.3 is 19.1 Å². The zero-order valence-electron chi connectivity index (χ0n) is 20.2. The summed E-state index contributed by atoms with van der Waals surface area (Å²) in [6, 6.07) is 11.0. The van der Waals surface area contributed by atoms with Gasteiger partial charge in [-0.05, 0) is 42.1 Å². The lowest BCUT2D eigenvalue weighted by Gasteiger charge is -2.18. The van der Waals surface area contributed by atoms with E-state index in [1.807, 2.05) is 30.5 Å². The number of aryl methyl sites for hydroxylation is 2. The molecule has 0 saturated heterocycles. The van der Waals surface area contributed by atoms with E-state index in [4.69, 9.17) is 14.2 Å². The molecule has 0 aliphatic carbocycles. The highest BCUT2D eigenvalue weighted by Crippen LogP contribution is 2.30. The minimum Gasteiger partial charge on any atom is -0.493 e. The van der Waals surface area contributed by atoms with Crippen LogP contribution in [-0.4, -0.2) is 59.4 Å². The minimum atomic E-state index is -0.598. The van der Waals surface area contributed by atoms with Crippen molar-refractivity contribution in [1.29, 1.82) is 0 Å². The van der Waals surface area contributed by atoms with Crippen LogP contribution in [0.15, 0.2) is 41.8 Å². The maximum atomic E-state index is 13.1. The van der Waals surface area contributed by atoms with Crippen LogP contribution < -0.4 is 9.47 Å². The number of rotatable bonds is 8. The van der Waals surface area contributed by atoms with E-state index in [1.165, 1.54) is 16.2 Å². The van der Waals surface area contributed by atoms with E-state index in [-0.39, 0.29) is 12.5 Å². The molecule has 182 valence electrons. The molecule has 10 heteroatoms. The highest BCUT2D eigenvalue weighted by atomic mass is 32.1. The molecule has 1 aromatic carbocycles. The molecule has 0 aliphatic heterocycles. The molecule has 3 aromatic heterocycles. The fourth-order valence-corrected chi connectivity index (χ4v) is 4.50. The average molecular weight is 495 g/mol. The van der Waals surface area contributed by atoms with Crippen LogP contribution in [0.25, 0.3) is 21.6 Å². The van der Waals surface area contributed by atoms with Crippen molar-refractivity contribution in [3.8, 4) is 22.1 Å². The number of pyridine rings is 1. The SMILES string of the molecule is COc1ccc(CN(C)C(=O)COC(=O)c2cc(-c3cccs3)nc3c2c(C)nn3C)cc1OC. The predicted molar refractivity (Wildman–Crippen MR) is 133 cm³/mol. The van der Waals surface area contributed by atoms with Crippen LogP contribution in [0.4, 0.5) is 0 Å². The van der Waals surface area contributed by atoms with E-state index in [0.717, 1.165) is 10.4 Å². The second kappa shape index (κ2) is 10.1. The van der Waals surface area contributed by atoms with Crippen molar-refractivity contribution in [3.63, 3.8) is 0 Å². The van der Waals surface area contributed by atoms with Gasteiger partial charge in [-0.2, -0.15) is 5.10 Å². The summed E-state index contributed by atoms with van der Waals surface area (Å²) in [5.41, 5.74) is 3.08. The Kier molecular flexibility index (Phi) is 7.02. The standard InChI is InChI=1S/C25H26N4O5S/c1-15-23-17(12-18(21-7-6-10-35-21)26-24(23)29(3)27-15)25(31)34-14-22(30)28(2)13-16-8-9-19(32-4)20(11-16)33-5/h6-12H,13-14H2,1-5H3. The van der Waals surface area contributed by atoms with Gasteiger partial charge in [-0.3, -0.25) is 9.48 Å². The first kappa shape index (κ1) is 24.2. The number of nitrogens with zero attached hydrogens (tertiary/aromatic N) is 4. The normalized spacial score (nSPS) is 10.9. The molecule has 0 atom stereocenters. The molecule has 0 unspecified atom stereocenters. The average Bonchev–Trinajstić information content (AvgIpc) is 3.50. The summed E-state index contributed by atoms with van der Waals surface area (Å²) >= 11 is 1.52. The molecule has 4 rings (SSSR count). The Morgan fingerprint density at radius 2 is 1.89 bits per heavy atom. The minimum absolute atomic E-state index is 0.320. The number of thiophene rings is 1. The number of hydrogen-bond acceptors (Lipinski definition) is 8. The molecule has 0 fully saturated rings. The molecule has 4 aromatic rings. The lowest BCUT2D eigenvalue weighted by Crippen LogP contribution is -2.30. The molecule has 0 saturated carbocycles. The van der Waals surface area contributed by atoms with Gasteiger partial charge in [-0.15, -0.1) is 11.3 Å². The summed E-state index contributed by atoms with van der Waals surface area (Å²) in [5, 5.41) is 6.97. The first-order chi connectivity index (χ1) is 16.8. The van der Waals surface area contributed by atoms with Crippen LogP contribution in [0.1, 0.15) is 21.6 Å². The predicted octanol–water partition coefficient (Wildman–Crippen LogP) is 3.84. The zero-order valence-corrected chi connectivity index (χ0v) is 21.0. The van der Waals surface area contributed by atoms with Crippen molar-refractivity contribution < 1.29 is 23.8 Å². The van der Waals surface area contributed by atoms with Crippen molar-refractivity contribution in [2.45, 2.75) is 13.5 Å².